The van der Waals surface area contributed by atoms with Crippen LogP contribution in [0, 0.1) is 6.92 Å². The van der Waals surface area contributed by atoms with Crippen LogP contribution in [0.4, 0.5) is 24.7 Å². The first-order chi connectivity index (χ1) is 14.8. The molecule has 1 saturated carbocycles. The van der Waals surface area contributed by atoms with E-state index in [1.807, 2.05) is 11.1 Å². The van der Waals surface area contributed by atoms with Gasteiger partial charge in [-0.15, -0.1) is 0 Å². The van der Waals surface area contributed by atoms with E-state index in [4.69, 9.17) is 10.5 Å². The zero-order valence-corrected chi connectivity index (χ0v) is 17.2. The summed E-state index contributed by atoms with van der Waals surface area (Å²) in [7, 11) is 0. The lowest BCUT2D eigenvalue weighted by Crippen LogP contribution is -2.41. The topological polar surface area (TPSA) is 68.7 Å². The first-order valence-corrected chi connectivity index (χ1v) is 10.5. The largest absolute Gasteiger partial charge is 0.472 e. The normalized spacial score (nSPS) is 19.7. The van der Waals surface area contributed by atoms with Crippen molar-refractivity contribution in [3.63, 3.8) is 0 Å². The predicted octanol–water partition coefficient (Wildman–Crippen LogP) is 4.56. The Morgan fingerprint density at radius 3 is 2.68 bits per heavy atom. The van der Waals surface area contributed by atoms with Crippen LogP contribution < -0.4 is 15.4 Å². The molecule has 2 fully saturated rings. The van der Waals surface area contributed by atoms with E-state index in [1.54, 1.807) is 23.6 Å². The minimum absolute atomic E-state index is 0.190. The van der Waals surface area contributed by atoms with E-state index in [1.165, 1.54) is 12.1 Å². The molecule has 1 aliphatic carbocycles. The van der Waals surface area contributed by atoms with Crippen LogP contribution in [-0.2, 0) is 6.18 Å². The Kier molecular flexibility index (Phi) is 4.71. The minimum atomic E-state index is -4.37. The fourth-order valence-electron chi connectivity index (χ4n) is 4.27. The maximum Gasteiger partial charge on any atom is 0.416 e. The maximum absolute atomic E-state index is 13.2. The molecule has 2 N–H and O–H groups in total. The van der Waals surface area contributed by atoms with Crippen LogP contribution in [0.1, 0.15) is 48.3 Å². The van der Waals surface area contributed by atoms with Gasteiger partial charge in [0.1, 0.15) is 11.9 Å². The van der Waals surface area contributed by atoms with Crippen molar-refractivity contribution in [3.05, 3.63) is 47.2 Å². The van der Waals surface area contributed by atoms with Crippen LogP contribution in [-0.4, -0.2) is 33.8 Å². The number of nitrogen functional groups attached to an aromatic ring is 1. The standard InChI is InChI=1S/C22H24F3N5O/c1-13-7-15(22(23,24)25)9-16(8-13)29-6-2-3-17(12-29)31-20-10-19(26)30-21(28-20)18(11-27-30)14-4-5-14/h7-11,14,17H,2-6,12,26H2,1H3/t17-/m0/s1. The summed E-state index contributed by atoms with van der Waals surface area (Å²) in [6.07, 6.45) is 1.13. The van der Waals surface area contributed by atoms with Gasteiger partial charge < -0.3 is 15.4 Å². The zero-order chi connectivity index (χ0) is 21.8. The number of aryl methyl sites for hydroxylation is 1. The summed E-state index contributed by atoms with van der Waals surface area (Å²) in [5.41, 5.74) is 8.48. The van der Waals surface area contributed by atoms with Gasteiger partial charge >= 0.3 is 6.18 Å². The molecular weight excluding hydrogens is 407 g/mol. The second kappa shape index (κ2) is 7.32. The Bertz CT molecular complexity index is 1120. The molecular formula is C22H24F3N5O. The highest BCUT2D eigenvalue weighted by Crippen LogP contribution is 2.42. The van der Waals surface area contributed by atoms with E-state index in [2.05, 4.69) is 10.1 Å². The minimum Gasteiger partial charge on any atom is -0.472 e. The molecule has 2 aliphatic rings. The number of ether oxygens (including phenoxy) is 1. The van der Waals surface area contributed by atoms with Gasteiger partial charge in [-0.25, -0.2) is 0 Å². The molecule has 0 amide bonds. The number of aromatic nitrogens is 3. The maximum atomic E-state index is 13.2. The van der Waals surface area contributed by atoms with Crippen LogP contribution in [0.15, 0.2) is 30.5 Å². The molecule has 0 spiro atoms. The van der Waals surface area contributed by atoms with Crippen LogP contribution >= 0.6 is 0 Å². The zero-order valence-electron chi connectivity index (χ0n) is 17.2. The van der Waals surface area contributed by atoms with Gasteiger partial charge in [0.05, 0.1) is 18.3 Å². The highest BCUT2D eigenvalue weighted by Gasteiger charge is 2.32. The molecule has 6 nitrogen and oxygen atoms in total. The summed E-state index contributed by atoms with van der Waals surface area (Å²) in [4.78, 5) is 6.59. The van der Waals surface area contributed by atoms with E-state index < -0.39 is 11.7 Å². The molecule has 0 unspecified atom stereocenters. The van der Waals surface area contributed by atoms with Crippen LogP contribution in [0.3, 0.4) is 0 Å². The van der Waals surface area contributed by atoms with Gasteiger partial charge in [0.25, 0.3) is 0 Å². The summed E-state index contributed by atoms with van der Waals surface area (Å²) in [5, 5.41) is 4.33. The van der Waals surface area contributed by atoms with Crippen molar-refractivity contribution in [3.8, 4) is 5.88 Å². The Hall–Kier alpha value is -2.97. The number of benzene rings is 1. The van der Waals surface area contributed by atoms with Crippen molar-refractivity contribution in [1.29, 1.82) is 0 Å². The van der Waals surface area contributed by atoms with Gasteiger partial charge in [-0.05, 0) is 62.3 Å². The monoisotopic (exact) mass is 431 g/mol. The highest BCUT2D eigenvalue weighted by molar-refractivity contribution is 5.56. The summed E-state index contributed by atoms with van der Waals surface area (Å²) in [6, 6.07) is 5.83. The van der Waals surface area contributed by atoms with Gasteiger partial charge in [-0.3, -0.25) is 0 Å². The molecule has 1 aromatic carbocycles. The molecule has 164 valence electrons. The number of hydrogen-bond donors (Lipinski definition) is 1. The summed E-state index contributed by atoms with van der Waals surface area (Å²) in [6.45, 7) is 2.85. The number of hydrogen-bond acceptors (Lipinski definition) is 5. The number of rotatable bonds is 4. The van der Waals surface area contributed by atoms with E-state index in [0.717, 1.165) is 36.9 Å². The van der Waals surface area contributed by atoms with Crippen LogP contribution in [0.25, 0.3) is 5.65 Å². The number of fused-ring (bicyclic) bond motifs is 1. The van der Waals surface area contributed by atoms with Crippen LogP contribution in [0.5, 0.6) is 5.88 Å². The molecule has 3 heterocycles. The number of halogens is 3. The summed E-state index contributed by atoms with van der Waals surface area (Å²) in [5.74, 6) is 1.36. The van der Waals surface area contributed by atoms with Gasteiger partial charge in [-0.1, -0.05) is 0 Å². The van der Waals surface area contributed by atoms with Gasteiger partial charge in [-0.2, -0.15) is 27.8 Å². The molecule has 31 heavy (non-hydrogen) atoms. The summed E-state index contributed by atoms with van der Waals surface area (Å²) >= 11 is 0. The third kappa shape index (κ3) is 4.00. The third-order valence-corrected chi connectivity index (χ3v) is 5.94. The van der Waals surface area contributed by atoms with Gasteiger partial charge in [0.15, 0.2) is 5.65 Å². The van der Waals surface area contributed by atoms with Crippen molar-refractivity contribution >= 4 is 17.2 Å². The molecule has 9 heteroatoms. The number of piperidine rings is 1. The summed E-state index contributed by atoms with van der Waals surface area (Å²) < 4.78 is 47.5. The van der Waals surface area contributed by atoms with Gasteiger partial charge in [0.2, 0.25) is 5.88 Å². The van der Waals surface area contributed by atoms with Crippen molar-refractivity contribution in [2.75, 3.05) is 23.7 Å². The Labute approximate surface area is 177 Å². The molecule has 1 saturated heterocycles. The Balaban J connectivity index is 1.37. The van der Waals surface area contributed by atoms with Crippen molar-refractivity contribution in [1.82, 2.24) is 14.6 Å². The van der Waals surface area contributed by atoms with E-state index in [0.29, 0.717) is 42.0 Å². The Morgan fingerprint density at radius 1 is 1.13 bits per heavy atom. The molecule has 0 bridgehead atoms. The molecule has 5 rings (SSSR count). The third-order valence-electron chi connectivity index (χ3n) is 5.94. The number of nitrogens with zero attached hydrogens (tertiary/aromatic N) is 4. The molecule has 1 aliphatic heterocycles. The van der Waals surface area contributed by atoms with Crippen molar-refractivity contribution < 1.29 is 17.9 Å². The van der Waals surface area contributed by atoms with Crippen molar-refractivity contribution in [2.45, 2.75) is 50.8 Å². The predicted molar refractivity (Wildman–Crippen MR) is 111 cm³/mol. The van der Waals surface area contributed by atoms with E-state index in [9.17, 15) is 13.2 Å². The van der Waals surface area contributed by atoms with Crippen molar-refractivity contribution in [2.24, 2.45) is 0 Å². The highest BCUT2D eigenvalue weighted by atomic mass is 19.4. The second-order valence-electron chi connectivity index (χ2n) is 8.51. The quantitative estimate of drug-likeness (QED) is 0.656. The number of nitrogens with two attached hydrogens (primary N) is 1. The smallest absolute Gasteiger partial charge is 0.416 e. The molecule has 0 radical (unpaired) electrons. The number of alkyl halides is 3. The van der Waals surface area contributed by atoms with Crippen LogP contribution in [0.2, 0.25) is 0 Å². The first-order valence-electron chi connectivity index (χ1n) is 10.5. The fraction of sp³-hybridized carbons (Fsp3) is 0.455. The molecule has 2 aromatic heterocycles. The lowest BCUT2D eigenvalue weighted by molar-refractivity contribution is -0.137. The average molecular weight is 431 g/mol. The lowest BCUT2D eigenvalue weighted by atomic mass is 10.0. The second-order valence-corrected chi connectivity index (χ2v) is 8.51. The average Bonchev–Trinajstić information content (AvgIpc) is 3.46. The van der Waals surface area contributed by atoms with Gasteiger partial charge in [0, 0.05) is 23.9 Å². The lowest BCUT2D eigenvalue weighted by Gasteiger charge is -2.34. The fourth-order valence-corrected chi connectivity index (χ4v) is 4.27. The molecule has 3 aromatic rings. The first kappa shape index (κ1) is 20.0. The SMILES string of the molecule is Cc1cc(N2CCC[C@H](Oc3cc(N)n4ncc(C5CC5)c4n3)C2)cc(C(F)(F)F)c1. The van der Waals surface area contributed by atoms with E-state index >= 15 is 0 Å². The Morgan fingerprint density at radius 2 is 1.94 bits per heavy atom. The van der Waals surface area contributed by atoms with E-state index in [-0.39, 0.29) is 6.10 Å². The number of anilines is 2. The molecule has 1 atom stereocenters.